The van der Waals surface area contributed by atoms with E-state index in [1.165, 1.54) is 38.5 Å². The highest BCUT2D eigenvalue weighted by Crippen LogP contribution is 2.25. The van der Waals surface area contributed by atoms with Gasteiger partial charge in [0.05, 0.1) is 14.2 Å². The van der Waals surface area contributed by atoms with Gasteiger partial charge in [-0.3, -0.25) is 4.79 Å². The Morgan fingerprint density at radius 3 is 2.54 bits per heavy atom. The number of amides is 1. The minimum atomic E-state index is -3.82. The summed E-state index contributed by atoms with van der Waals surface area (Å²) in [6, 6.07) is 11.0. The van der Waals surface area contributed by atoms with Gasteiger partial charge < -0.3 is 19.8 Å². The Kier molecular flexibility index (Phi) is 8.31. The molecular formula is C25H29N3O6S. The maximum atomic E-state index is 12.7. The van der Waals surface area contributed by atoms with E-state index in [0.29, 0.717) is 5.56 Å². The van der Waals surface area contributed by atoms with Crippen LogP contribution in [-0.2, 0) is 30.8 Å². The van der Waals surface area contributed by atoms with Gasteiger partial charge in [-0.2, -0.15) is 0 Å². The maximum absolute atomic E-state index is 12.7. The van der Waals surface area contributed by atoms with E-state index in [1.807, 2.05) is 24.3 Å². The number of para-hydroxylation sites is 1. The van der Waals surface area contributed by atoms with Crippen molar-refractivity contribution in [3.63, 3.8) is 0 Å². The number of aromatic nitrogens is 1. The molecule has 3 aromatic rings. The number of rotatable bonds is 10. The van der Waals surface area contributed by atoms with Crippen molar-refractivity contribution in [3.8, 4) is 5.75 Å². The van der Waals surface area contributed by atoms with E-state index < -0.39 is 27.9 Å². The number of benzene rings is 2. The number of carbonyl (C=O) groups is 2. The van der Waals surface area contributed by atoms with Gasteiger partial charge >= 0.3 is 5.97 Å². The molecule has 0 saturated heterocycles. The predicted octanol–water partition coefficient (Wildman–Crippen LogP) is 2.78. The van der Waals surface area contributed by atoms with Gasteiger partial charge in [-0.25, -0.2) is 17.9 Å². The fourth-order valence-corrected chi connectivity index (χ4v) is 5.08. The Bertz CT molecular complexity index is 1340. The van der Waals surface area contributed by atoms with Crippen LogP contribution in [0.5, 0.6) is 5.75 Å². The predicted molar refractivity (Wildman–Crippen MR) is 133 cm³/mol. The summed E-state index contributed by atoms with van der Waals surface area (Å²) in [5.41, 5.74) is 2.26. The number of aromatic amines is 1. The van der Waals surface area contributed by atoms with Crippen LogP contribution in [0.3, 0.4) is 0 Å². The molecule has 2 aromatic carbocycles. The molecule has 1 atom stereocenters. The fourth-order valence-electron chi connectivity index (χ4n) is 3.63. The van der Waals surface area contributed by atoms with Crippen LogP contribution in [0.1, 0.15) is 25.0 Å². The number of methoxy groups -OCH3 is 2. The lowest BCUT2D eigenvalue weighted by molar-refractivity contribution is -0.144. The van der Waals surface area contributed by atoms with Gasteiger partial charge in [0.2, 0.25) is 15.9 Å². The van der Waals surface area contributed by atoms with Crippen LogP contribution >= 0.6 is 0 Å². The highest BCUT2D eigenvalue weighted by atomic mass is 32.2. The zero-order valence-electron chi connectivity index (χ0n) is 20.0. The second-order valence-corrected chi connectivity index (χ2v) is 9.85. The van der Waals surface area contributed by atoms with E-state index in [4.69, 9.17) is 9.47 Å². The Labute approximate surface area is 204 Å². The van der Waals surface area contributed by atoms with E-state index in [0.717, 1.165) is 16.5 Å². The van der Waals surface area contributed by atoms with Gasteiger partial charge in [0, 0.05) is 35.6 Å². The summed E-state index contributed by atoms with van der Waals surface area (Å²) in [4.78, 5) is 28.1. The maximum Gasteiger partial charge on any atom is 0.328 e. The molecule has 1 aromatic heterocycles. The molecular weight excluding hydrogens is 470 g/mol. The SMILES string of the molecule is COC(=O)[C@H](Cc1c[nH]c2ccccc12)NC(=O)/C=C/c1ccc(OC)c(S(=O)(=O)NC(C)C)c1. The van der Waals surface area contributed by atoms with Gasteiger partial charge in [-0.1, -0.05) is 24.3 Å². The van der Waals surface area contributed by atoms with Crippen LogP contribution in [0.25, 0.3) is 17.0 Å². The van der Waals surface area contributed by atoms with Crippen LogP contribution in [-0.4, -0.2) is 51.6 Å². The molecule has 0 fully saturated rings. The number of nitrogens with one attached hydrogen (secondary N) is 3. The molecule has 35 heavy (non-hydrogen) atoms. The summed E-state index contributed by atoms with van der Waals surface area (Å²) in [6.45, 7) is 3.43. The van der Waals surface area contributed by atoms with Crippen LogP contribution in [0.4, 0.5) is 0 Å². The Hall–Kier alpha value is -3.63. The molecule has 0 aliphatic carbocycles. The minimum Gasteiger partial charge on any atom is -0.495 e. The number of esters is 1. The molecule has 0 spiro atoms. The van der Waals surface area contributed by atoms with Gasteiger partial charge in [0.1, 0.15) is 16.7 Å². The van der Waals surface area contributed by atoms with E-state index in [-0.39, 0.29) is 23.1 Å². The number of hydrogen-bond donors (Lipinski definition) is 3. The number of carbonyl (C=O) groups excluding carboxylic acids is 2. The van der Waals surface area contributed by atoms with Crippen molar-refractivity contribution in [1.82, 2.24) is 15.0 Å². The van der Waals surface area contributed by atoms with E-state index >= 15 is 0 Å². The third-order valence-electron chi connectivity index (χ3n) is 5.20. The van der Waals surface area contributed by atoms with Crippen molar-refractivity contribution >= 4 is 38.9 Å². The first-order valence-electron chi connectivity index (χ1n) is 11.0. The highest BCUT2D eigenvalue weighted by molar-refractivity contribution is 7.89. The summed E-state index contributed by atoms with van der Waals surface area (Å²) in [7, 11) is -1.17. The lowest BCUT2D eigenvalue weighted by atomic mass is 10.0. The average molecular weight is 500 g/mol. The van der Waals surface area contributed by atoms with Crippen LogP contribution in [0.2, 0.25) is 0 Å². The van der Waals surface area contributed by atoms with Gasteiger partial charge in [0.15, 0.2) is 0 Å². The Balaban J connectivity index is 1.78. The molecule has 1 amide bonds. The summed E-state index contributed by atoms with van der Waals surface area (Å²) in [5.74, 6) is -0.917. The second-order valence-electron chi connectivity index (χ2n) is 8.17. The van der Waals surface area contributed by atoms with Crippen molar-refractivity contribution < 1.29 is 27.5 Å². The number of hydrogen-bond acceptors (Lipinski definition) is 6. The number of sulfonamides is 1. The monoisotopic (exact) mass is 499 g/mol. The minimum absolute atomic E-state index is 0.0389. The summed E-state index contributed by atoms with van der Waals surface area (Å²) < 4.78 is 37.9. The topological polar surface area (TPSA) is 127 Å². The molecule has 10 heteroatoms. The number of ether oxygens (including phenoxy) is 2. The molecule has 0 radical (unpaired) electrons. The van der Waals surface area contributed by atoms with Gasteiger partial charge in [-0.15, -0.1) is 0 Å². The van der Waals surface area contributed by atoms with E-state index in [2.05, 4.69) is 15.0 Å². The molecule has 0 aliphatic rings. The summed E-state index contributed by atoms with van der Waals surface area (Å²) >= 11 is 0. The van der Waals surface area contributed by atoms with Crippen molar-refractivity contribution in [3.05, 3.63) is 65.9 Å². The number of fused-ring (bicyclic) bond motifs is 1. The molecule has 9 nitrogen and oxygen atoms in total. The standard InChI is InChI=1S/C25H29N3O6S/c1-16(2)28-35(31,32)23-13-17(9-11-22(23)33-3)10-12-24(29)27-21(25(30)34-4)14-18-15-26-20-8-6-5-7-19(18)20/h5-13,15-16,21,26,28H,14H2,1-4H3,(H,27,29)/b12-10+/t21-/m0/s1. The lowest BCUT2D eigenvalue weighted by Gasteiger charge is -2.15. The van der Waals surface area contributed by atoms with Gasteiger partial charge in [0.25, 0.3) is 0 Å². The number of H-pyrrole nitrogens is 1. The van der Waals surface area contributed by atoms with E-state index in [1.54, 1.807) is 26.1 Å². The fraction of sp³-hybridized carbons (Fsp3) is 0.280. The third-order valence-corrected chi connectivity index (χ3v) is 6.88. The zero-order chi connectivity index (χ0) is 25.6. The first-order chi connectivity index (χ1) is 16.6. The molecule has 0 bridgehead atoms. The second kappa shape index (κ2) is 11.2. The van der Waals surface area contributed by atoms with Crippen LogP contribution < -0.4 is 14.8 Å². The molecule has 3 rings (SSSR count). The molecule has 0 aliphatic heterocycles. The molecule has 0 saturated carbocycles. The Morgan fingerprint density at radius 2 is 1.86 bits per heavy atom. The molecule has 186 valence electrons. The molecule has 1 heterocycles. The van der Waals surface area contributed by atoms with E-state index in [9.17, 15) is 18.0 Å². The largest absolute Gasteiger partial charge is 0.495 e. The first-order valence-corrected chi connectivity index (χ1v) is 12.4. The summed E-state index contributed by atoms with van der Waals surface area (Å²) in [5, 5.41) is 3.62. The van der Waals surface area contributed by atoms with Crippen molar-refractivity contribution in [2.45, 2.75) is 37.2 Å². The van der Waals surface area contributed by atoms with Crippen molar-refractivity contribution in [2.24, 2.45) is 0 Å². The first kappa shape index (κ1) is 26.0. The third kappa shape index (κ3) is 6.49. The van der Waals surface area contributed by atoms with Crippen molar-refractivity contribution in [2.75, 3.05) is 14.2 Å². The smallest absolute Gasteiger partial charge is 0.328 e. The molecule has 0 unspecified atom stereocenters. The summed E-state index contributed by atoms with van der Waals surface area (Å²) in [6.07, 6.45) is 4.73. The van der Waals surface area contributed by atoms with Crippen molar-refractivity contribution in [1.29, 1.82) is 0 Å². The zero-order valence-corrected chi connectivity index (χ0v) is 20.8. The van der Waals surface area contributed by atoms with Crippen LogP contribution in [0, 0.1) is 0 Å². The van der Waals surface area contributed by atoms with Gasteiger partial charge in [-0.05, 0) is 49.2 Å². The Morgan fingerprint density at radius 1 is 1.11 bits per heavy atom. The average Bonchev–Trinajstić information content (AvgIpc) is 3.23. The van der Waals surface area contributed by atoms with Crippen LogP contribution in [0.15, 0.2) is 59.6 Å². The normalized spacial score (nSPS) is 12.7. The lowest BCUT2D eigenvalue weighted by Crippen LogP contribution is -2.42. The quantitative estimate of drug-likeness (QED) is 0.291. The molecule has 3 N–H and O–H groups in total. The highest BCUT2D eigenvalue weighted by Gasteiger charge is 2.23.